The molecule has 98 valence electrons. The Bertz CT molecular complexity index is 455. The molecule has 0 radical (unpaired) electrons. The summed E-state index contributed by atoms with van der Waals surface area (Å²) in [5, 5.41) is 14.2. The molecular weight excluding hydrogens is 232 g/mol. The summed E-state index contributed by atoms with van der Waals surface area (Å²) < 4.78 is 0. The van der Waals surface area contributed by atoms with Crippen LogP contribution in [0.15, 0.2) is 18.2 Å². The normalized spacial score (nSPS) is 17.4. The lowest BCUT2D eigenvalue weighted by atomic mass is 10.00. The van der Waals surface area contributed by atoms with Crippen LogP contribution in [0.3, 0.4) is 0 Å². The van der Waals surface area contributed by atoms with Crippen molar-refractivity contribution in [2.45, 2.75) is 38.1 Å². The Morgan fingerprint density at radius 1 is 1.28 bits per heavy atom. The van der Waals surface area contributed by atoms with Gasteiger partial charge in [-0.3, -0.25) is 16.0 Å². The van der Waals surface area contributed by atoms with E-state index in [4.69, 9.17) is 5.84 Å². The van der Waals surface area contributed by atoms with Gasteiger partial charge in [0.15, 0.2) is 0 Å². The van der Waals surface area contributed by atoms with Crippen molar-refractivity contribution in [2.75, 3.05) is 10.7 Å². The average Bonchev–Trinajstić information content (AvgIpc) is 2.75. The summed E-state index contributed by atoms with van der Waals surface area (Å²) in [4.78, 5) is 10.4. The fourth-order valence-corrected chi connectivity index (χ4v) is 2.50. The minimum Gasteiger partial charge on any atom is -0.380 e. The molecule has 1 fully saturated rings. The number of hydrazine groups is 1. The van der Waals surface area contributed by atoms with Gasteiger partial charge >= 0.3 is 0 Å². The number of anilines is 2. The summed E-state index contributed by atoms with van der Waals surface area (Å²) in [5.41, 5.74) is 3.79. The molecule has 0 aliphatic heterocycles. The van der Waals surface area contributed by atoms with Gasteiger partial charge in [0.2, 0.25) is 0 Å². The zero-order chi connectivity index (χ0) is 13.2. The maximum Gasteiger partial charge on any atom is 0.273 e. The van der Waals surface area contributed by atoms with E-state index in [1.165, 1.54) is 18.9 Å². The first kappa shape index (κ1) is 12.6. The molecule has 0 aromatic heterocycles. The second-order valence-electron chi connectivity index (χ2n) is 5.06. The highest BCUT2D eigenvalue weighted by atomic mass is 16.6. The van der Waals surface area contributed by atoms with Gasteiger partial charge in [-0.2, -0.15) is 0 Å². The lowest BCUT2D eigenvalue weighted by Gasteiger charge is -2.26. The molecule has 1 aliphatic carbocycles. The number of nitro groups is 1. The molecule has 0 heterocycles. The zero-order valence-electron chi connectivity index (χ0n) is 10.4. The number of nitrogens with zero attached hydrogens (tertiary/aromatic N) is 1. The Balaban J connectivity index is 2.26. The number of benzene rings is 1. The Morgan fingerprint density at radius 3 is 2.44 bits per heavy atom. The molecule has 0 spiro atoms. The summed E-state index contributed by atoms with van der Waals surface area (Å²) in [5.74, 6) is 5.33. The maximum atomic E-state index is 10.8. The Morgan fingerprint density at radius 2 is 1.89 bits per heavy atom. The number of nitrogen functional groups attached to an aromatic ring is 1. The highest BCUT2D eigenvalue weighted by Gasteiger charge is 2.28. The minimum atomic E-state index is -0.414. The second kappa shape index (κ2) is 4.81. The van der Waals surface area contributed by atoms with E-state index in [1.807, 2.05) is 0 Å². The van der Waals surface area contributed by atoms with Crippen LogP contribution in [0.2, 0.25) is 0 Å². The first-order valence-electron chi connectivity index (χ1n) is 6.07. The topological polar surface area (TPSA) is 93.2 Å². The van der Waals surface area contributed by atoms with Gasteiger partial charge in [-0.1, -0.05) is 12.8 Å². The molecule has 6 nitrogen and oxygen atoms in total. The van der Waals surface area contributed by atoms with Gasteiger partial charge in [-0.15, -0.1) is 0 Å². The number of non-ortho nitro benzene ring substituents is 1. The van der Waals surface area contributed by atoms with Gasteiger partial charge < -0.3 is 10.7 Å². The first-order chi connectivity index (χ1) is 8.52. The number of rotatable bonds is 4. The van der Waals surface area contributed by atoms with Gasteiger partial charge in [-0.25, -0.2) is 0 Å². The molecule has 18 heavy (non-hydrogen) atoms. The van der Waals surface area contributed by atoms with Crippen molar-refractivity contribution in [1.82, 2.24) is 0 Å². The number of hydrogen-bond donors (Lipinski definition) is 3. The Labute approximate surface area is 106 Å². The van der Waals surface area contributed by atoms with Gasteiger partial charge in [0.1, 0.15) is 0 Å². The monoisotopic (exact) mass is 250 g/mol. The summed E-state index contributed by atoms with van der Waals surface area (Å²) >= 11 is 0. The van der Waals surface area contributed by atoms with Crippen LogP contribution < -0.4 is 16.6 Å². The van der Waals surface area contributed by atoms with Crippen molar-refractivity contribution < 1.29 is 4.92 Å². The van der Waals surface area contributed by atoms with E-state index in [-0.39, 0.29) is 11.2 Å². The predicted molar refractivity (Wildman–Crippen MR) is 71.4 cm³/mol. The lowest BCUT2D eigenvalue weighted by molar-refractivity contribution is -0.384. The third-order valence-electron chi connectivity index (χ3n) is 3.45. The summed E-state index contributed by atoms with van der Waals surface area (Å²) in [6, 6.07) is 4.75. The molecule has 6 heteroatoms. The smallest absolute Gasteiger partial charge is 0.273 e. The molecule has 1 aliphatic rings. The van der Waals surface area contributed by atoms with Crippen LogP contribution in [0.25, 0.3) is 0 Å². The van der Waals surface area contributed by atoms with Crippen LogP contribution in [0.5, 0.6) is 0 Å². The predicted octanol–water partition coefficient (Wildman–Crippen LogP) is 2.63. The van der Waals surface area contributed by atoms with E-state index >= 15 is 0 Å². The summed E-state index contributed by atoms with van der Waals surface area (Å²) in [6.07, 6.45) is 4.56. The standard InChI is InChI=1S/C12H18N4O2/c1-12(4-2-3-5-12)14-9-6-10(15-13)8-11(7-9)16(17)18/h6-8,14-15H,2-5,13H2,1H3. The fraction of sp³-hybridized carbons (Fsp3) is 0.500. The van der Waals surface area contributed by atoms with Crippen LogP contribution in [0.1, 0.15) is 32.6 Å². The molecule has 1 aromatic carbocycles. The van der Waals surface area contributed by atoms with Crippen molar-refractivity contribution >= 4 is 17.1 Å². The van der Waals surface area contributed by atoms with Gasteiger partial charge in [0.05, 0.1) is 10.6 Å². The van der Waals surface area contributed by atoms with Crippen LogP contribution in [0, 0.1) is 10.1 Å². The van der Waals surface area contributed by atoms with E-state index in [2.05, 4.69) is 17.7 Å². The molecule has 4 N–H and O–H groups in total. The quantitative estimate of drug-likeness (QED) is 0.434. The Kier molecular flexibility index (Phi) is 3.38. The number of nitrogens with two attached hydrogens (primary N) is 1. The Hall–Kier alpha value is -1.82. The molecule has 0 saturated heterocycles. The molecule has 0 amide bonds. The van der Waals surface area contributed by atoms with Crippen molar-refractivity contribution in [3.8, 4) is 0 Å². The number of nitrogens with one attached hydrogen (secondary N) is 2. The van der Waals surface area contributed by atoms with E-state index in [0.29, 0.717) is 5.69 Å². The highest BCUT2D eigenvalue weighted by molar-refractivity contribution is 5.63. The summed E-state index contributed by atoms with van der Waals surface area (Å²) in [6.45, 7) is 2.15. The lowest BCUT2D eigenvalue weighted by Crippen LogP contribution is -2.30. The number of hydrogen-bond acceptors (Lipinski definition) is 5. The summed E-state index contributed by atoms with van der Waals surface area (Å²) in [7, 11) is 0. The van der Waals surface area contributed by atoms with Crippen LogP contribution in [0.4, 0.5) is 17.1 Å². The molecule has 0 atom stereocenters. The van der Waals surface area contributed by atoms with Gasteiger partial charge in [0, 0.05) is 23.4 Å². The van der Waals surface area contributed by atoms with Gasteiger partial charge in [0.25, 0.3) is 5.69 Å². The largest absolute Gasteiger partial charge is 0.380 e. The number of nitro benzene ring substituents is 1. The fourth-order valence-electron chi connectivity index (χ4n) is 2.50. The maximum absolute atomic E-state index is 10.8. The molecular formula is C12H18N4O2. The van der Waals surface area contributed by atoms with Crippen molar-refractivity contribution in [3.63, 3.8) is 0 Å². The molecule has 2 rings (SSSR count). The van der Waals surface area contributed by atoms with E-state index in [9.17, 15) is 10.1 Å². The van der Waals surface area contributed by atoms with Crippen LogP contribution in [-0.4, -0.2) is 10.5 Å². The zero-order valence-corrected chi connectivity index (χ0v) is 10.4. The SMILES string of the molecule is CC1(Nc2cc(NN)cc([N+](=O)[O-])c2)CCCC1. The van der Waals surface area contributed by atoms with Crippen molar-refractivity contribution in [1.29, 1.82) is 0 Å². The third-order valence-corrected chi connectivity index (χ3v) is 3.45. The highest BCUT2D eigenvalue weighted by Crippen LogP contribution is 2.34. The van der Waals surface area contributed by atoms with Crippen molar-refractivity contribution in [2.24, 2.45) is 5.84 Å². The van der Waals surface area contributed by atoms with Crippen LogP contribution in [-0.2, 0) is 0 Å². The average molecular weight is 250 g/mol. The molecule has 0 unspecified atom stereocenters. The van der Waals surface area contributed by atoms with E-state index in [0.717, 1.165) is 18.5 Å². The van der Waals surface area contributed by atoms with E-state index in [1.54, 1.807) is 12.1 Å². The first-order valence-corrected chi connectivity index (χ1v) is 6.07. The molecule has 0 bridgehead atoms. The molecule has 1 saturated carbocycles. The van der Waals surface area contributed by atoms with Gasteiger partial charge in [-0.05, 0) is 25.8 Å². The van der Waals surface area contributed by atoms with E-state index < -0.39 is 4.92 Å². The minimum absolute atomic E-state index is 0.0289. The second-order valence-corrected chi connectivity index (χ2v) is 5.06. The van der Waals surface area contributed by atoms with Crippen molar-refractivity contribution in [3.05, 3.63) is 28.3 Å². The molecule has 1 aromatic rings. The van der Waals surface area contributed by atoms with Crippen LogP contribution >= 0.6 is 0 Å². The third kappa shape index (κ3) is 2.70.